The van der Waals surface area contributed by atoms with E-state index in [1.165, 1.54) is 0 Å². The quantitative estimate of drug-likeness (QED) is 0.745. The van der Waals surface area contributed by atoms with Crippen LogP contribution in [-0.2, 0) is 18.3 Å². The summed E-state index contributed by atoms with van der Waals surface area (Å²) < 4.78 is 1.70. The highest BCUT2D eigenvalue weighted by Gasteiger charge is 2.13. The third-order valence-electron chi connectivity index (χ3n) is 2.27. The van der Waals surface area contributed by atoms with Crippen molar-refractivity contribution < 1.29 is 4.79 Å². The van der Waals surface area contributed by atoms with Crippen LogP contribution in [0.3, 0.4) is 0 Å². The maximum atomic E-state index is 11.6. The first kappa shape index (κ1) is 10.9. The summed E-state index contributed by atoms with van der Waals surface area (Å²) in [4.78, 5) is 11.6. The number of carbonyl (C=O) groups is 1. The number of aryl methyl sites for hydroxylation is 1. The molecule has 0 aliphatic carbocycles. The number of carbonyl (C=O) groups excluding carboxylic acids is 1. The second-order valence-corrected chi connectivity index (χ2v) is 3.60. The minimum Gasteiger partial charge on any atom is -0.330 e. The molecule has 0 saturated heterocycles. The number of hydrogen-bond donors (Lipinski definition) is 1. The number of rotatable bonds is 5. The van der Waals surface area contributed by atoms with Gasteiger partial charge in [-0.05, 0) is 19.0 Å². The van der Waals surface area contributed by atoms with Gasteiger partial charge in [0.25, 0.3) is 0 Å². The van der Waals surface area contributed by atoms with Gasteiger partial charge in [0.05, 0.1) is 12.1 Å². The van der Waals surface area contributed by atoms with Gasteiger partial charge in [0.1, 0.15) is 5.78 Å². The standard InChI is InChI=1S/C10H17N3O/c1-8(3-5-11)10(14)7-9-4-6-13(2)12-9/h4,6,8H,3,5,7,11H2,1-2H3. The average Bonchev–Trinajstić information content (AvgIpc) is 2.51. The Hall–Kier alpha value is -1.16. The van der Waals surface area contributed by atoms with E-state index >= 15 is 0 Å². The largest absolute Gasteiger partial charge is 0.330 e. The molecule has 0 amide bonds. The van der Waals surface area contributed by atoms with Crippen molar-refractivity contribution in [2.75, 3.05) is 6.54 Å². The summed E-state index contributed by atoms with van der Waals surface area (Å²) in [7, 11) is 1.84. The highest BCUT2D eigenvalue weighted by Crippen LogP contribution is 2.06. The summed E-state index contributed by atoms with van der Waals surface area (Å²) in [5.41, 5.74) is 6.23. The number of Topliss-reactive ketones (excluding diaryl/α,β-unsaturated/α-hetero) is 1. The summed E-state index contributed by atoms with van der Waals surface area (Å²) in [6, 6.07) is 1.87. The molecule has 0 bridgehead atoms. The van der Waals surface area contributed by atoms with Gasteiger partial charge < -0.3 is 5.73 Å². The molecule has 0 aliphatic heterocycles. The Balaban J connectivity index is 2.48. The fourth-order valence-corrected chi connectivity index (χ4v) is 1.32. The van der Waals surface area contributed by atoms with Crippen molar-refractivity contribution in [3.05, 3.63) is 18.0 Å². The molecule has 4 nitrogen and oxygen atoms in total. The Labute approximate surface area is 84.1 Å². The Morgan fingerprint density at radius 3 is 2.93 bits per heavy atom. The Morgan fingerprint density at radius 2 is 2.43 bits per heavy atom. The van der Waals surface area contributed by atoms with E-state index < -0.39 is 0 Å². The molecule has 2 N–H and O–H groups in total. The van der Waals surface area contributed by atoms with Crippen molar-refractivity contribution in [2.45, 2.75) is 19.8 Å². The van der Waals surface area contributed by atoms with Crippen LogP contribution in [0.1, 0.15) is 19.0 Å². The van der Waals surface area contributed by atoms with Crippen LogP contribution >= 0.6 is 0 Å². The summed E-state index contributed by atoms with van der Waals surface area (Å²) in [5, 5.41) is 4.16. The maximum Gasteiger partial charge on any atom is 0.141 e. The lowest BCUT2D eigenvalue weighted by molar-refractivity contribution is -0.121. The van der Waals surface area contributed by atoms with Crippen molar-refractivity contribution in [3.63, 3.8) is 0 Å². The van der Waals surface area contributed by atoms with Gasteiger partial charge in [-0.1, -0.05) is 6.92 Å². The van der Waals surface area contributed by atoms with Crippen LogP contribution < -0.4 is 5.73 Å². The first-order valence-electron chi connectivity index (χ1n) is 4.84. The summed E-state index contributed by atoms with van der Waals surface area (Å²) in [6.45, 7) is 2.48. The molecule has 1 aromatic heterocycles. The average molecular weight is 195 g/mol. The van der Waals surface area contributed by atoms with E-state index in [2.05, 4.69) is 5.10 Å². The minimum absolute atomic E-state index is 0.0435. The van der Waals surface area contributed by atoms with Gasteiger partial charge in [-0.15, -0.1) is 0 Å². The van der Waals surface area contributed by atoms with E-state index in [1.807, 2.05) is 26.2 Å². The highest BCUT2D eigenvalue weighted by atomic mass is 16.1. The normalized spacial score (nSPS) is 12.8. The van der Waals surface area contributed by atoms with Gasteiger partial charge in [0.2, 0.25) is 0 Å². The van der Waals surface area contributed by atoms with Crippen LogP contribution in [0.15, 0.2) is 12.3 Å². The fraction of sp³-hybridized carbons (Fsp3) is 0.600. The molecule has 0 saturated carbocycles. The number of ketones is 1. The predicted molar refractivity (Wildman–Crippen MR) is 54.8 cm³/mol. The monoisotopic (exact) mass is 195 g/mol. The van der Waals surface area contributed by atoms with Crippen LogP contribution in [0.5, 0.6) is 0 Å². The van der Waals surface area contributed by atoms with Gasteiger partial charge in [0, 0.05) is 19.2 Å². The fourth-order valence-electron chi connectivity index (χ4n) is 1.32. The molecule has 0 radical (unpaired) electrons. The third-order valence-corrected chi connectivity index (χ3v) is 2.27. The summed E-state index contributed by atoms with van der Waals surface area (Å²) in [5.74, 6) is 0.260. The van der Waals surface area contributed by atoms with E-state index in [4.69, 9.17) is 5.73 Å². The minimum atomic E-state index is 0.0435. The summed E-state index contributed by atoms with van der Waals surface area (Å²) in [6.07, 6.45) is 3.02. The van der Waals surface area contributed by atoms with Crippen LogP contribution in [0.2, 0.25) is 0 Å². The molecule has 4 heteroatoms. The van der Waals surface area contributed by atoms with Crippen molar-refractivity contribution in [1.29, 1.82) is 0 Å². The number of nitrogens with two attached hydrogens (primary N) is 1. The van der Waals surface area contributed by atoms with Crippen molar-refractivity contribution in [1.82, 2.24) is 9.78 Å². The van der Waals surface area contributed by atoms with Gasteiger partial charge in [0.15, 0.2) is 0 Å². The zero-order chi connectivity index (χ0) is 10.6. The molecule has 1 aromatic rings. The molecular weight excluding hydrogens is 178 g/mol. The van der Waals surface area contributed by atoms with Crippen molar-refractivity contribution >= 4 is 5.78 Å². The first-order valence-corrected chi connectivity index (χ1v) is 4.84. The molecule has 0 aromatic carbocycles. The lowest BCUT2D eigenvalue weighted by Crippen LogP contribution is -2.17. The van der Waals surface area contributed by atoms with E-state index in [0.29, 0.717) is 13.0 Å². The lowest BCUT2D eigenvalue weighted by Gasteiger charge is -2.06. The second-order valence-electron chi connectivity index (χ2n) is 3.60. The van der Waals surface area contributed by atoms with Gasteiger partial charge in [-0.3, -0.25) is 9.48 Å². The Kier molecular flexibility index (Phi) is 3.83. The lowest BCUT2D eigenvalue weighted by atomic mass is 9.99. The van der Waals surface area contributed by atoms with Crippen molar-refractivity contribution in [2.24, 2.45) is 18.7 Å². The Morgan fingerprint density at radius 1 is 1.71 bits per heavy atom. The predicted octanol–water partition coefficient (Wildman–Crippen LogP) is 0.517. The molecule has 1 rings (SSSR count). The molecule has 0 aliphatic rings. The van der Waals surface area contributed by atoms with E-state index in [-0.39, 0.29) is 11.7 Å². The van der Waals surface area contributed by atoms with E-state index in [9.17, 15) is 4.79 Å². The smallest absolute Gasteiger partial charge is 0.141 e. The maximum absolute atomic E-state index is 11.6. The first-order chi connectivity index (χ1) is 6.63. The Bertz CT molecular complexity index is 306. The number of aromatic nitrogens is 2. The van der Waals surface area contributed by atoms with Crippen molar-refractivity contribution in [3.8, 4) is 0 Å². The SMILES string of the molecule is CC(CCN)C(=O)Cc1ccn(C)n1. The van der Waals surface area contributed by atoms with Gasteiger partial charge in [-0.2, -0.15) is 5.10 Å². The third kappa shape index (κ3) is 2.96. The molecule has 78 valence electrons. The molecule has 14 heavy (non-hydrogen) atoms. The molecule has 0 fully saturated rings. The molecule has 1 unspecified atom stereocenters. The van der Waals surface area contributed by atoms with Crippen LogP contribution in [-0.4, -0.2) is 22.1 Å². The van der Waals surface area contributed by atoms with Crippen LogP contribution in [0, 0.1) is 5.92 Å². The van der Waals surface area contributed by atoms with E-state index in [0.717, 1.165) is 12.1 Å². The second kappa shape index (κ2) is 4.91. The van der Waals surface area contributed by atoms with Crippen LogP contribution in [0.25, 0.3) is 0 Å². The molecule has 1 atom stereocenters. The van der Waals surface area contributed by atoms with Gasteiger partial charge >= 0.3 is 0 Å². The number of nitrogens with zero attached hydrogens (tertiary/aromatic N) is 2. The molecule has 1 heterocycles. The van der Waals surface area contributed by atoms with E-state index in [1.54, 1.807) is 4.68 Å². The molecule has 0 spiro atoms. The summed E-state index contributed by atoms with van der Waals surface area (Å²) >= 11 is 0. The molecular formula is C10H17N3O. The zero-order valence-electron chi connectivity index (χ0n) is 8.73. The highest BCUT2D eigenvalue weighted by molar-refractivity contribution is 5.82. The topological polar surface area (TPSA) is 60.9 Å². The van der Waals surface area contributed by atoms with Gasteiger partial charge in [-0.25, -0.2) is 0 Å². The van der Waals surface area contributed by atoms with Crippen LogP contribution in [0.4, 0.5) is 0 Å². The number of hydrogen-bond acceptors (Lipinski definition) is 3. The zero-order valence-corrected chi connectivity index (χ0v) is 8.73.